The highest BCUT2D eigenvalue weighted by molar-refractivity contribution is 5.65. The quantitative estimate of drug-likeness (QED) is 0.499. The molecular formula is C17H13N5O5. The van der Waals surface area contributed by atoms with Gasteiger partial charge in [0.05, 0.1) is 33.9 Å². The molecule has 10 heteroatoms. The Balaban J connectivity index is 1.94. The molecule has 0 aliphatic rings. The first-order valence-electron chi connectivity index (χ1n) is 7.70. The van der Waals surface area contributed by atoms with E-state index in [2.05, 4.69) is 15.3 Å². The molecule has 1 heterocycles. The summed E-state index contributed by atoms with van der Waals surface area (Å²) in [7, 11) is 0. The van der Waals surface area contributed by atoms with E-state index < -0.39 is 21.2 Å². The van der Waals surface area contributed by atoms with Crippen LogP contribution >= 0.6 is 0 Å². The van der Waals surface area contributed by atoms with Crippen molar-refractivity contribution in [2.75, 3.05) is 5.32 Å². The lowest BCUT2D eigenvalue weighted by atomic mass is 10.1. The topological polar surface area (TPSA) is 144 Å². The van der Waals surface area contributed by atoms with Crippen LogP contribution in [0, 0.1) is 20.2 Å². The number of nitro groups is 2. The fourth-order valence-corrected chi connectivity index (χ4v) is 2.42. The van der Waals surface area contributed by atoms with Crippen LogP contribution < -0.4 is 5.32 Å². The van der Waals surface area contributed by atoms with E-state index in [1.54, 1.807) is 24.3 Å². The second kappa shape index (κ2) is 7.54. The van der Waals surface area contributed by atoms with E-state index in [4.69, 9.17) is 0 Å². The molecule has 0 bridgehead atoms. The number of aliphatic hydroxyl groups excluding tert-OH is 1. The SMILES string of the molecule is O=[N+]([O-])c1cc(Nc2nccc(-c3cccc(CO)c3)n2)cc([N+](=O)[O-])c1. The molecule has 0 spiro atoms. The van der Waals surface area contributed by atoms with E-state index in [9.17, 15) is 25.3 Å². The standard InChI is InChI=1S/C17H13N5O5/c23-10-11-2-1-3-12(6-11)16-4-5-18-17(20-16)19-13-7-14(21(24)25)9-15(8-13)22(26)27/h1-9,23H,10H2,(H,18,19,20). The van der Waals surface area contributed by atoms with Gasteiger partial charge < -0.3 is 10.4 Å². The van der Waals surface area contributed by atoms with Crippen LogP contribution in [0.3, 0.4) is 0 Å². The van der Waals surface area contributed by atoms with Crippen LogP contribution in [0.15, 0.2) is 54.7 Å². The van der Waals surface area contributed by atoms with Crippen molar-refractivity contribution >= 4 is 23.0 Å². The van der Waals surface area contributed by atoms with Crippen LogP contribution in [0.5, 0.6) is 0 Å². The van der Waals surface area contributed by atoms with Gasteiger partial charge >= 0.3 is 0 Å². The molecule has 10 nitrogen and oxygen atoms in total. The molecule has 0 saturated heterocycles. The van der Waals surface area contributed by atoms with Crippen LogP contribution in [0.2, 0.25) is 0 Å². The summed E-state index contributed by atoms with van der Waals surface area (Å²) >= 11 is 0. The van der Waals surface area contributed by atoms with Crippen molar-refractivity contribution in [3.05, 3.63) is 80.5 Å². The summed E-state index contributed by atoms with van der Waals surface area (Å²) in [5.41, 5.74) is 1.31. The summed E-state index contributed by atoms with van der Waals surface area (Å²) in [6.07, 6.45) is 1.49. The number of non-ortho nitro benzene ring substituents is 2. The van der Waals surface area contributed by atoms with Crippen molar-refractivity contribution in [1.82, 2.24) is 9.97 Å². The highest BCUT2D eigenvalue weighted by Crippen LogP contribution is 2.28. The maximum Gasteiger partial charge on any atom is 0.278 e. The number of nitrogens with one attached hydrogen (secondary N) is 1. The van der Waals surface area contributed by atoms with E-state index in [-0.39, 0.29) is 18.2 Å². The highest BCUT2D eigenvalue weighted by Gasteiger charge is 2.17. The summed E-state index contributed by atoms with van der Waals surface area (Å²) in [5.74, 6) is 0.122. The van der Waals surface area contributed by atoms with Crippen molar-refractivity contribution in [2.45, 2.75) is 6.61 Å². The molecule has 2 N–H and O–H groups in total. The van der Waals surface area contributed by atoms with E-state index >= 15 is 0 Å². The molecule has 0 atom stereocenters. The van der Waals surface area contributed by atoms with Crippen molar-refractivity contribution in [3.63, 3.8) is 0 Å². The van der Waals surface area contributed by atoms with Crippen molar-refractivity contribution < 1.29 is 15.0 Å². The Labute approximate surface area is 152 Å². The Morgan fingerprint density at radius 2 is 1.70 bits per heavy atom. The van der Waals surface area contributed by atoms with Crippen molar-refractivity contribution in [3.8, 4) is 11.3 Å². The van der Waals surface area contributed by atoms with E-state index in [0.717, 1.165) is 29.3 Å². The van der Waals surface area contributed by atoms with Gasteiger partial charge in [0.15, 0.2) is 0 Å². The number of hydrogen-bond acceptors (Lipinski definition) is 8. The molecule has 136 valence electrons. The number of rotatable bonds is 6. The number of nitro benzene ring substituents is 2. The summed E-state index contributed by atoms with van der Waals surface area (Å²) in [4.78, 5) is 28.9. The molecule has 0 fully saturated rings. The molecule has 0 amide bonds. The third-order valence-corrected chi connectivity index (χ3v) is 3.64. The molecule has 3 rings (SSSR count). The van der Waals surface area contributed by atoms with Crippen LogP contribution in [0.25, 0.3) is 11.3 Å². The van der Waals surface area contributed by atoms with Gasteiger partial charge in [-0.3, -0.25) is 20.2 Å². The molecule has 0 unspecified atom stereocenters. The molecule has 0 aliphatic heterocycles. The molecule has 27 heavy (non-hydrogen) atoms. The monoisotopic (exact) mass is 367 g/mol. The molecule has 3 aromatic rings. The maximum absolute atomic E-state index is 11.0. The van der Waals surface area contributed by atoms with Gasteiger partial charge in [0.25, 0.3) is 11.4 Å². The zero-order valence-electron chi connectivity index (χ0n) is 13.8. The predicted octanol–water partition coefficient (Wildman–Crippen LogP) is 3.20. The largest absolute Gasteiger partial charge is 0.392 e. The predicted molar refractivity (Wildman–Crippen MR) is 96.4 cm³/mol. The van der Waals surface area contributed by atoms with Crippen LogP contribution in [0.1, 0.15) is 5.56 Å². The molecule has 0 radical (unpaired) electrons. The number of hydrogen-bond donors (Lipinski definition) is 2. The van der Waals surface area contributed by atoms with Crippen molar-refractivity contribution in [1.29, 1.82) is 0 Å². The van der Waals surface area contributed by atoms with Gasteiger partial charge in [-0.25, -0.2) is 9.97 Å². The van der Waals surface area contributed by atoms with Gasteiger partial charge in [-0.1, -0.05) is 18.2 Å². The second-order valence-electron chi connectivity index (χ2n) is 5.50. The molecule has 2 aromatic carbocycles. The summed E-state index contributed by atoms with van der Waals surface area (Å²) in [5, 5.41) is 34.0. The lowest BCUT2D eigenvalue weighted by Crippen LogP contribution is -2.00. The highest BCUT2D eigenvalue weighted by atomic mass is 16.6. The van der Waals surface area contributed by atoms with Gasteiger partial charge in [-0.15, -0.1) is 0 Å². The fourth-order valence-electron chi connectivity index (χ4n) is 2.42. The zero-order chi connectivity index (χ0) is 19.4. The van der Waals surface area contributed by atoms with Gasteiger partial charge in [0.1, 0.15) is 0 Å². The molecule has 0 saturated carbocycles. The number of aromatic nitrogens is 2. The van der Waals surface area contributed by atoms with Gasteiger partial charge in [-0.05, 0) is 17.7 Å². The Hall–Kier alpha value is -3.92. The zero-order valence-corrected chi connectivity index (χ0v) is 13.8. The lowest BCUT2D eigenvalue weighted by Gasteiger charge is -2.07. The molecular weight excluding hydrogens is 354 g/mol. The Morgan fingerprint density at radius 3 is 2.33 bits per heavy atom. The number of anilines is 2. The molecule has 1 aromatic heterocycles. The van der Waals surface area contributed by atoms with Crippen LogP contribution in [-0.4, -0.2) is 24.9 Å². The van der Waals surface area contributed by atoms with Gasteiger partial charge in [0.2, 0.25) is 5.95 Å². The fraction of sp³-hybridized carbons (Fsp3) is 0.0588. The minimum atomic E-state index is -0.712. The summed E-state index contributed by atoms with van der Waals surface area (Å²) < 4.78 is 0. The maximum atomic E-state index is 11.0. The van der Waals surface area contributed by atoms with E-state index in [1.807, 2.05) is 6.07 Å². The van der Waals surface area contributed by atoms with E-state index in [1.165, 1.54) is 6.20 Å². The average molecular weight is 367 g/mol. The Bertz CT molecular complexity index is 992. The Morgan fingerprint density at radius 1 is 1.00 bits per heavy atom. The van der Waals surface area contributed by atoms with E-state index in [0.29, 0.717) is 5.69 Å². The first-order chi connectivity index (χ1) is 13.0. The van der Waals surface area contributed by atoms with Gasteiger partial charge in [-0.2, -0.15) is 0 Å². The van der Waals surface area contributed by atoms with Crippen LogP contribution in [0.4, 0.5) is 23.0 Å². The normalized spacial score (nSPS) is 10.4. The average Bonchev–Trinajstić information content (AvgIpc) is 2.68. The van der Waals surface area contributed by atoms with Gasteiger partial charge in [0, 0.05) is 23.9 Å². The van der Waals surface area contributed by atoms with Crippen LogP contribution in [-0.2, 0) is 6.61 Å². The third-order valence-electron chi connectivity index (χ3n) is 3.64. The first kappa shape index (κ1) is 17.9. The second-order valence-corrected chi connectivity index (χ2v) is 5.50. The lowest BCUT2D eigenvalue weighted by molar-refractivity contribution is -0.394. The van der Waals surface area contributed by atoms with Crippen molar-refractivity contribution in [2.24, 2.45) is 0 Å². The first-order valence-corrected chi connectivity index (χ1v) is 7.70. The smallest absolute Gasteiger partial charge is 0.278 e. The number of benzene rings is 2. The Kier molecular flexibility index (Phi) is 4.99. The number of aliphatic hydroxyl groups is 1. The minimum Gasteiger partial charge on any atom is -0.392 e. The molecule has 0 aliphatic carbocycles. The number of nitrogens with zero attached hydrogens (tertiary/aromatic N) is 4. The third kappa shape index (κ3) is 4.19. The minimum absolute atomic E-state index is 0.110. The summed E-state index contributed by atoms with van der Waals surface area (Å²) in [6, 6.07) is 12.0. The summed E-state index contributed by atoms with van der Waals surface area (Å²) in [6.45, 7) is -0.110.